The summed E-state index contributed by atoms with van der Waals surface area (Å²) in [5.41, 5.74) is 6.37. The number of hydrogen-bond donors (Lipinski definition) is 2. The van der Waals surface area contributed by atoms with Crippen molar-refractivity contribution >= 4 is 0 Å². The number of aliphatic hydroxyl groups is 1. The lowest BCUT2D eigenvalue weighted by molar-refractivity contribution is -0.00221. The molecule has 0 aliphatic rings. The third-order valence-electron chi connectivity index (χ3n) is 2.04. The summed E-state index contributed by atoms with van der Waals surface area (Å²) in [5.74, 6) is 0. The second-order valence-corrected chi connectivity index (χ2v) is 4.19. The van der Waals surface area contributed by atoms with Gasteiger partial charge in [0, 0.05) is 6.04 Å². The molecule has 3 N–H and O–H groups in total. The zero-order valence-electron chi connectivity index (χ0n) is 10.00. The first-order valence-corrected chi connectivity index (χ1v) is 5.44. The van der Waals surface area contributed by atoms with Gasteiger partial charge in [0.1, 0.15) is 0 Å². The van der Waals surface area contributed by atoms with E-state index >= 15 is 0 Å². The summed E-state index contributed by atoms with van der Waals surface area (Å²) in [6.07, 6.45) is 1.28. The van der Waals surface area contributed by atoms with Crippen molar-refractivity contribution in [2.24, 2.45) is 5.73 Å². The van der Waals surface area contributed by atoms with E-state index in [9.17, 15) is 5.11 Å². The first kappa shape index (κ1) is 13.1. The van der Waals surface area contributed by atoms with Gasteiger partial charge in [0.25, 0.3) is 0 Å². The second-order valence-electron chi connectivity index (χ2n) is 4.19. The standard InChI is InChI=1S/C10H20N4O2/c1-7(2)16-6-9(15)4-14-5-10(8(3)11)12-13-14/h5,7-9,15H,4,6,11H2,1-3H3. The van der Waals surface area contributed by atoms with E-state index in [1.807, 2.05) is 20.8 Å². The average molecular weight is 228 g/mol. The highest BCUT2D eigenvalue weighted by Crippen LogP contribution is 2.04. The maximum atomic E-state index is 9.65. The van der Waals surface area contributed by atoms with Gasteiger partial charge in [0.2, 0.25) is 0 Å². The van der Waals surface area contributed by atoms with Crippen LogP contribution in [0.5, 0.6) is 0 Å². The second kappa shape index (κ2) is 5.93. The molecule has 1 aromatic heterocycles. The average Bonchev–Trinajstić information content (AvgIpc) is 2.63. The zero-order chi connectivity index (χ0) is 12.1. The van der Waals surface area contributed by atoms with Crippen LogP contribution >= 0.6 is 0 Å². The lowest BCUT2D eigenvalue weighted by Gasteiger charge is -2.12. The molecule has 0 aliphatic carbocycles. The fraction of sp³-hybridized carbons (Fsp3) is 0.800. The predicted octanol–water partition coefficient (Wildman–Crippen LogP) is 0.0837. The Balaban J connectivity index is 2.40. The molecule has 1 heterocycles. The van der Waals surface area contributed by atoms with Crippen LogP contribution in [0.2, 0.25) is 0 Å². The van der Waals surface area contributed by atoms with Crippen LogP contribution in [0.1, 0.15) is 32.5 Å². The summed E-state index contributed by atoms with van der Waals surface area (Å²) >= 11 is 0. The van der Waals surface area contributed by atoms with Crippen LogP contribution in [-0.4, -0.2) is 38.9 Å². The van der Waals surface area contributed by atoms with Crippen LogP contribution in [0.15, 0.2) is 6.20 Å². The highest BCUT2D eigenvalue weighted by atomic mass is 16.5. The monoisotopic (exact) mass is 228 g/mol. The van der Waals surface area contributed by atoms with Gasteiger partial charge in [-0.2, -0.15) is 0 Å². The Kier molecular flexibility index (Phi) is 4.85. The first-order chi connectivity index (χ1) is 7.49. The van der Waals surface area contributed by atoms with E-state index in [4.69, 9.17) is 10.5 Å². The molecule has 0 bridgehead atoms. The van der Waals surface area contributed by atoms with Crippen molar-refractivity contribution in [3.05, 3.63) is 11.9 Å². The topological polar surface area (TPSA) is 86.2 Å². The van der Waals surface area contributed by atoms with E-state index in [2.05, 4.69) is 10.3 Å². The minimum atomic E-state index is -0.579. The van der Waals surface area contributed by atoms with Gasteiger partial charge in [-0.3, -0.25) is 0 Å². The molecule has 2 atom stereocenters. The van der Waals surface area contributed by atoms with E-state index < -0.39 is 6.10 Å². The predicted molar refractivity (Wildman–Crippen MR) is 59.7 cm³/mol. The highest BCUT2D eigenvalue weighted by Gasteiger charge is 2.10. The fourth-order valence-electron chi connectivity index (χ4n) is 1.18. The molecule has 92 valence electrons. The molecule has 1 rings (SSSR count). The number of nitrogens with zero attached hydrogens (tertiary/aromatic N) is 3. The van der Waals surface area contributed by atoms with Gasteiger partial charge < -0.3 is 15.6 Å². The van der Waals surface area contributed by atoms with Gasteiger partial charge in [-0.25, -0.2) is 4.68 Å². The van der Waals surface area contributed by atoms with Crippen LogP contribution in [0.3, 0.4) is 0 Å². The molecule has 2 unspecified atom stereocenters. The lowest BCUT2D eigenvalue weighted by Crippen LogP contribution is -2.24. The molecule has 6 nitrogen and oxygen atoms in total. The SMILES string of the molecule is CC(C)OCC(O)Cn1cc(C(C)N)nn1. The summed E-state index contributed by atoms with van der Waals surface area (Å²) in [4.78, 5) is 0. The summed E-state index contributed by atoms with van der Waals surface area (Å²) in [6.45, 7) is 6.36. The lowest BCUT2D eigenvalue weighted by atomic mass is 10.3. The summed E-state index contributed by atoms with van der Waals surface area (Å²) in [6, 6.07) is -0.141. The molecule has 0 spiro atoms. The van der Waals surface area contributed by atoms with Crippen LogP contribution in [-0.2, 0) is 11.3 Å². The van der Waals surface area contributed by atoms with Crippen LogP contribution in [0.4, 0.5) is 0 Å². The van der Waals surface area contributed by atoms with E-state index in [1.54, 1.807) is 10.9 Å². The van der Waals surface area contributed by atoms with Crippen LogP contribution in [0, 0.1) is 0 Å². The Morgan fingerprint density at radius 2 is 2.19 bits per heavy atom. The largest absolute Gasteiger partial charge is 0.389 e. The van der Waals surface area contributed by atoms with Crippen LogP contribution < -0.4 is 5.73 Å². The first-order valence-electron chi connectivity index (χ1n) is 5.44. The molecule has 16 heavy (non-hydrogen) atoms. The number of hydrogen-bond acceptors (Lipinski definition) is 5. The molecule has 0 fully saturated rings. The Morgan fingerprint density at radius 3 is 2.69 bits per heavy atom. The maximum absolute atomic E-state index is 9.65. The number of ether oxygens (including phenoxy) is 1. The maximum Gasteiger partial charge on any atom is 0.0991 e. The smallest absolute Gasteiger partial charge is 0.0991 e. The molecule has 0 radical (unpaired) electrons. The molecule has 0 amide bonds. The molecule has 0 saturated carbocycles. The van der Waals surface area contributed by atoms with Gasteiger partial charge >= 0.3 is 0 Å². The van der Waals surface area contributed by atoms with Crippen molar-refractivity contribution in [2.45, 2.75) is 45.6 Å². The molecule has 0 aromatic carbocycles. The van der Waals surface area contributed by atoms with E-state index in [1.165, 1.54) is 0 Å². The van der Waals surface area contributed by atoms with Gasteiger partial charge in [0.15, 0.2) is 0 Å². The Bertz CT molecular complexity index is 312. The minimum absolute atomic E-state index is 0.116. The fourth-order valence-corrected chi connectivity index (χ4v) is 1.18. The number of aliphatic hydroxyl groups excluding tert-OH is 1. The van der Waals surface area contributed by atoms with E-state index in [-0.39, 0.29) is 12.1 Å². The van der Waals surface area contributed by atoms with E-state index in [0.717, 1.165) is 5.69 Å². The molecular weight excluding hydrogens is 208 g/mol. The Labute approximate surface area is 95.4 Å². The van der Waals surface area contributed by atoms with Gasteiger partial charge in [-0.1, -0.05) is 5.21 Å². The van der Waals surface area contributed by atoms with Crippen molar-refractivity contribution in [2.75, 3.05) is 6.61 Å². The van der Waals surface area contributed by atoms with Crippen molar-refractivity contribution in [3.8, 4) is 0 Å². The Morgan fingerprint density at radius 1 is 1.50 bits per heavy atom. The van der Waals surface area contributed by atoms with E-state index in [0.29, 0.717) is 13.2 Å². The van der Waals surface area contributed by atoms with Crippen molar-refractivity contribution in [3.63, 3.8) is 0 Å². The summed E-state index contributed by atoms with van der Waals surface area (Å²) in [7, 11) is 0. The van der Waals surface area contributed by atoms with Crippen molar-refractivity contribution < 1.29 is 9.84 Å². The Hall–Kier alpha value is -0.980. The third-order valence-corrected chi connectivity index (χ3v) is 2.04. The van der Waals surface area contributed by atoms with Crippen molar-refractivity contribution in [1.82, 2.24) is 15.0 Å². The highest BCUT2D eigenvalue weighted by molar-refractivity contribution is 4.97. The normalized spacial score (nSPS) is 15.4. The van der Waals surface area contributed by atoms with Gasteiger partial charge in [-0.15, -0.1) is 5.10 Å². The molecular formula is C10H20N4O2. The number of aromatic nitrogens is 3. The van der Waals surface area contributed by atoms with Gasteiger partial charge in [-0.05, 0) is 20.8 Å². The van der Waals surface area contributed by atoms with Crippen LogP contribution in [0.25, 0.3) is 0 Å². The van der Waals surface area contributed by atoms with Crippen molar-refractivity contribution in [1.29, 1.82) is 0 Å². The molecule has 0 saturated heterocycles. The quantitative estimate of drug-likeness (QED) is 0.720. The summed E-state index contributed by atoms with van der Waals surface area (Å²) in [5, 5.41) is 17.4. The minimum Gasteiger partial charge on any atom is -0.389 e. The summed E-state index contributed by atoms with van der Waals surface area (Å²) < 4.78 is 6.87. The zero-order valence-corrected chi connectivity index (χ0v) is 10.00. The molecule has 0 aliphatic heterocycles. The molecule has 6 heteroatoms. The van der Waals surface area contributed by atoms with Gasteiger partial charge in [0.05, 0.1) is 37.3 Å². The third kappa shape index (κ3) is 4.26. The number of nitrogens with two attached hydrogens (primary N) is 1. The number of rotatable bonds is 6. The molecule has 1 aromatic rings.